The van der Waals surface area contributed by atoms with Gasteiger partial charge in [-0.25, -0.2) is 0 Å². The molecular weight excluding hydrogens is 377 g/mol. The van der Waals surface area contributed by atoms with Crippen molar-refractivity contribution in [3.63, 3.8) is 0 Å². The van der Waals surface area contributed by atoms with Gasteiger partial charge < -0.3 is 10.6 Å². The molecule has 4 nitrogen and oxygen atoms in total. The lowest BCUT2D eigenvalue weighted by Crippen LogP contribution is -2.39. The molecule has 0 bridgehead atoms. The Kier molecular flexibility index (Phi) is 6.92. The Morgan fingerprint density at radius 1 is 1.38 bits per heavy atom. The third-order valence-corrected chi connectivity index (χ3v) is 4.88. The Morgan fingerprint density at radius 3 is 2.76 bits per heavy atom. The molecule has 1 heterocycles. The number of nitrogens with zero attached hydrogens (tertiary/aromatic N) is 1. The fourth-order valence-corrected chi connectivity index (χ4v) is 3.21. The average Bonchev–Trinajstić information content (AvgIpc) is 2.50. The van der Waals surface area contributed by atoms with Crippen molar-refractivity contribution in [3.05, 3.63) is 27.8 Å². The van der Waals surface area contributed by atoms with Crippen LogP contribution >= 0.6 is 22.6 Å². The number of rotatable bonds is 6. The van der Waals surface area contributed by atoms with Crippen LogP contribution in [-0.2, 0) is 4.79 Å². The van der Waals surface area contributed by atoms with Gasteiger partial charge in [0.25, 0.3) is 0 Å². The molecule has 0 unspecified atom stereocenters. The average molecular weight is 401 g/mol. The number of halogens is 1. The van der Waals surface area contributed by atoms with E-state index in [-0.39, 0.29) is 5.91 Å². The first-order valence-electron chi connectivity index (χ1n) is 7.66. The number of piperidine rings is 1. The molecule has 1 amide bonds. The summed E-state index contributed by atoms with van der Waals surface area (Å²) in [5.74, 6) is 0.797. The summed E-state index contributed by atoms with van der Waals surface area (Å²) >= 11 is 2.25. The first-order valence-corrected chi connectivity index (χ1v) is 8.74. The number of hydrogen-bond acceptors (Lipinski definition) is 3. The molecular formula is C16H24IN3O. The second-order valence-corrected chi connectivity index (χ2v) is 6.71. The Labute approximate surface area is 140 Å². The van der Waals surface area contributed by atoms with E-state index in [9.17, 15) is 4.79 Å². The van der Waals surface area contributed by atoms with Crippen LogP contribution in [-0.4, -0.2) is 43.5 Å². The normalized spacial score (nSPS) is 16.1. The Hall–Kier alpha value is -0.660. The zero-order valence-corrected chi connectivity index (χ0v) is 14.7. The first-order chi connectivity index (χ1) is 10.2. The molecule has 5 heteroatoms. The van der Waals surface area contributed by atoms with Gasteiger partial charge >= 0.3 is 0 Å². The molecule has 2 N–H and O–H groups in total. The third kappa shape index (κ3) is 5.56. The van der Waals surface area contributed by atoms with Gasteiger partial charge in [-0.3, -0.25) is 9.69 Å². The van der Waals surface area contributed by atoms with Crippen LogP contribution in [0.25, 0.3) is 0 Å². The number of carbonyl (C=O) groups is 1. The summed E-state index contributed by atoms with van der Waals surface area (Å²) in [4.78, 5) is 14.5. The van der Waals surface area contributed by atoms with E-state index in [1.807, 2.05) is 24.3 Å². The highest BCUT2D eigenvalue weighted by molar-refractivity contribution is 14.1. The standard InChI is InChI=1S/C16H24IN3O/c1-2-20(11-13-7-9-18-10-8-13)12-16(21)19-15-6-4-3-5-14(15)17/h3-6,13,18H,2,7-12H2,1H3,(H,19,21). The van der Waals surface area contributed by atoms with Crippen molar-refractivity contribution in [2.75, 3.05) is 38.0 Å². The highest BCUT2D eigenvalue weighted by atomic mass is 127. The van der Waals surface area contributed by atoms with Crippen molar-refractivity contribution < 1.29 is 4.79 Å². The van der Waals surface area contributed by atoms with E-state index >= 15 is 0 Å². The number of likely N-dealkylation sites (N-methyl/N-ethyl adjacent to an activating group) is 1. The number of hydrogen-bond donors (Lipinski definition) is 2. The molecule has 1 saturated heterocycles. The minimum atomic E-state index is 0.0786. The van der Waals surface area contributed by atoms with Gasteiger partial charge in [0.1, 0.15) is 0 Å². The number of nitrogens with one attached hydrogen (secondary N) is 2. The molecule has 116 valence electrons. The highest BCUT2D eigenvalue weighted by Gasteiger charge is 2.18. The molecule has 1 aromatic rings. The molecule has 1 aliphatic rings. The summed E-state index contributed by atoms with van der Waals surface area (Å²) in [7, 11) is 0. The van der Waals surface area contributed by atoms with Crippen LogP contribution < -0.4 is 10.6 Å². The SMILES string of the molecule is CCN(CC(=O)Nc1ccccc1I)CC1CCNCC1. The quantitative estimate of drug-likeness (QED) is 0.721. The van der Waals surface area contributed by atoms with E-state index in [4.69, 9.17) is 0 Å². The van der Waals surface area contributed by atoms with Crippen molar-refractivity contribution in [1.82, 2.24) is 10.2 Å². The van der Waals surface area contributed by atoms with Crippen molar-refractivity contribution in [3.8, 4) is 0 Å². The molecule has 2 rings (SSSR count). The van der Waals surface area contributed by atoms with E-state index < -0.39 is 0 Å². The highest BCUT2D eigenvalue weighted by Crippen LogP contribution is 2.17. The maximum absolute atomic E-state index is 12.2. The number of amides is 1. The molecule has 0 radical (unpaired) electrons. The zero-order chi connectivity index (χ0) is 15.1. The largest absolute Gasteiger partial charge is 0.324 e. The van der Waals surface area contributed by atoms with E-state index in [1.54, 1.807) is 0 Å². The minimum Gasteiger partial charge on any atom is -0.324 e. The Bertz CT molecular complexity index is 461. The van der Waals surface area contributed by atoms with E-state index in [2.05, 4.69) is 45.0 Å². The fraction of sp³-hybridized carbons (Fsp3) is 0.562. The summed E-state index contributed by atoms with van der Waals surface area (Å²) in [5, 5.41) is 6.40. The van der Waals surface area contributed by atoms with Crippen LogP contribution in [0.1, 0.15) is 19.8 Å². The minimum absolute atomic E-state index is 0.0786. The molecule has 1 aromatic carbocycles. The van der Waals surface area contributed by atoms with Crippen LogP contribution in [0.3, 0.4) is 0 Å². The first kappa shape index (κ1) is 16.7. The summed E-state index contributed by atoms with van der Waals surface area (Å²) < 4.78 is 1.07. The molecule has 0 aromatic heterocycles. The predicted molar refractivity (Wildman–Crippen MR) is 95.5 cm³/mol. The van der Waals surface area contributed by atoms with Gasteiger partial charge in [0, 0.05) is 10.1 Å². The van der Waals surface area contributed by atoms with Crippen LogP contribution in [0.2, 0.25) is 0 Å². The smallest absolute Gasteiger partial charge is 0.238 e. The maximum Gasteiger partial charge on any atom is 0.238 e. The summed E-state index contributed by atoms with van der Waals surface area (Å²) in [6.45, 7) is 6.76. The number of benzene rings is 1. The van der Waals surface area contributed by atoms with Gasteiger partial charge in [-0.05, 0) is 73.1 Å². The Morgan fingerprint density at radius 2 is 2.10 bits per heavy atom. The van der Waals surface area contributed by atoms with Crippen LogP contribution in [0.5, 0.6) is 0 Å². The molecule has 0 spiro atoms. The number of para-hydroxylation sites is 1. The molecule has 21 heavy (non-hydrogen) atoms. The van der Waals surface area contributed by atoms with Gasteiger partial charge in [0.05, 0.1) is 12.2 Å². The van der Waals surface area contributed by atoms with Crippen molar-refractivity contribution >= 4 is 34.2 Å². The topological polar surface area (TPSA) is 44.4 Å². The lowest BCUT2D eigenvalue weighted by Gasteiger charge is -2.28. The van der Waals surface area contributed by atoms with Crippen molar-refractivity contribution in [2.45, 2.75) is 19.8 Å². The van der Waals surface area contributed by atoms with Crippen molar-refractivity contribution in [1.29, 1.82) is 0 Å². The molecule has 0 atom stereocenters. The molecule has 0 saturated carbocycles. The molecule has 1 aliphatic heterocycles. The zero-order valence-electron chi connectivity index (χ0n) is 12.6. The number of carbonyl (C=O) groups excluding carboxylic acids is 1. The predicted octanol–water partition coefficient (Wildman–Crippen LogP) is 2.55. The second kappa shape index (κ2) is 8.70. The third-order valence-electron chi connectivity index (χ3n) is 3.94. The van der Waals surface area contributed by atoms with E-state index in [0.29, 0.717) is 6.54 Å². The van der Waals surface area contributed by atoms with Crippen LogP contribution in [0.15, 0.2) is 24.3 Å². The van der Waals surface area contributed by atoms with E-state index in [0.717, 1.165) is 41.4 Å². The van der Waals surface area contributed by atoms with Gasteiger partial charge in [-0.2, -0.15) is 0 Å². The summed E-state index contributed by atoms with van der Waals surface area (Å²) in [6.07, 6.45) is 2.43. The fourth-order valence-electron chi connectivity index (χ4n) is 2.69. The molecule has 0 aliphatic carbocycles. The van der Waals surface area contributed by atoms with Gasteiger partial charge in [0.2, 0.25) is 5.91 Å². The number of anilines is 1. The van der Waals surface area contributed by atoms with Gasteiger partial charge in [0.15, 0.2) is 0 Å². The van der Waals surface area contributed by atoms with Crippen LogP contribution in [0, 0.1) is 9.49 Å². The van der Waals surface area contributed by atoms with Gasteiger partial charge in [-0.1, -0.05) is 19.1 Å². The van der Waals surface area contributed by atoms with E-state index in [1.165, 1.54) is 12.8 Å². The Balaban J connectivity index is 1.83. The lowest BCUT2D eigenvalue weighted by molar-refractivity contribution is -0.117. The summed E-state index contributed by atoms with van der Waals surface area (Å²) in [5.41, 5.74) is 0.904. The summed E-state index contributed by atoms with van der Waals surface area (Å²) in [6, 6.07) is 7.88. The van der Waals surface area contributed by atoms with Crippen LogP contribution in [0.4, 0.5) is 5.69 Å². The maximum atomic E-state index is 12.2. The second-order valence-electron chi connectivity index (χ2n) is 5.55. The lowest BCUT2D eigenvalue weighted by atomic mass is 9.97. The monoisotopic (exact) mass is 401 g/mol. The van der Waals surface area contributed by atoms with Crippen molar-refractivity contribution in [2.24, 2.45) is 5.92 Å². The van der Waals surface area contributed by atoms with Gasteiger partial charge in [-0.15, -0.1) is 0 Å². The molecule has 1 fully saturated rings.